The summed E-state index contributed by atoms with van der Waals surface area (Å²) in [5.41, 5.74) is 0.285. The van der Waals surface area contributed by atoms with Crippen LogP contribution in [0, 0.1) is 5.92 Å². The number of aromatic nitrogens is 3. The van der Waals surface area contributed by atoms with Crippen LogP contribution >= 0.6 is 0 Å². The second kappa shape index (κ2) is 10.9. The van der Waals surface area contributed by atoms with E-state index in [0.717, 1.165) is 30.1 Å². The molecule has 0 N–H and O–H groups in total. The number of ether oxygens (including phenoxy) is 1. The Morgan fingerprint density at radius 1 is 1.22 bits per heavy atom. The highest BCUT2D eigenvalue weighted by Gasteiger charge is 2.26. The third-order valence-electron chi connectivity index (χ3n) is 5.98. The maximum Gasteiger partial charge on any atom is 0.307 e. The molecular weight excluding hydrogens is 404 g/mol. The maximum atomic E-state index is 12.6. The van der Waals surface area contributed by atoms with E-state index in [-0.39, 0.29) is 18.3 Å². The number of rotatable bonds is 9. The van der Waals surface area contributed by atoms with E-state index in [4.69, 9.17) is 9.26 Å². The second-order valence-electron chi connectivity index (χ2n) is 10.2. The van der Waals surface area contributed by atoms with Gasteiger partial charge in [-0.05, 0) is 45.2 Å². The summed E-state index contributed by atoms with van der Waals surface area (Å²) < 4.78 is 11.2. The zero-order chi connectivity index (χ0) is 23.1. The van der Waals surface area contributed by atoms with Gasteiger partial charge in [0.15, 0.2) is 0 Å². The highest BCUT2D eigenvalue weighted by atomic mass is 16.6. The van der Waals surface area contributed by atoms with Gasteiger partial charge in [-0.2, -0.15) is 4.98 Å². The van der Waals surface area contributed by atoms with Gasteiger partial charge < -0.3 is 14.2 Å². The Bertz CT molecular complexity index is 849. The molecule has 1 aliphatic carbocycles. The summed E-state index contributed by atoms with van der Waals surface area (Å²) in [4.78, 5) is 23.6. The molecule has 0 saturated heterocycles. The average molecular weight is 443 g/mol. The molecule has 176 valence electrons. The Hall–Kier alpha value is -2.44. The Balaban J connectivity index is 1.69. The van der Waals surface area contributed by atoms with Crippen LogP contribution in [0.1, 0.15) is 90.4 Å². The summed E-state index contributed by atoms with van der Waals surface area (Å²) in [5, 5.41) is 4.17. The molecule has 1 atom stereocenters. The lowest BCUT2D eigenvalue weighted by molar-refractivity contribution is -0.155. The minimum absolute atomic E-state index is 0.135. The van der Waals surface area contributed by atoms with Gasteiger partial charge >= 0.3 is 5.97 Å². The van der Waals surface area contributed by atoms with Gasteiger partial charge in [0.2, 0.25) is 11.7 Å². The highest BCUT2D eigenvalue weighted by molar-refractivity contribution is 5.70. The first-order valence-corrected chi connectivity index (χ1v) is 11.9. The lowest BCUT2D eigenvalue weighted by Gasteiger charge is -2.23. The molecule has 7 heteroatoms. The summed E-state index contributed by atoms with van der Waals surface area (Å²) in [6.07, 6.45) is 11.8. The molecule has 2 heterocycles. The van der Waals surface area contributed by atoms with Crippen molar-refractivity contribution >= 4 is 11.8 Å². The fraction of sp³-hybridized carbons (Fsp3) is 0.680. The smallest absolute Gasteiger partial charge is 0.307 e. The van der Waals surface area contributed by atoms with Crippen LogP contribution in [0.4, 0.5) is 5.82 Å². The van der Waals surface area contributed by atoms with Gasteiger partial charge in [0.1, 0.15) is 11.4 Å². The lowest BCUT2D eigenvalue weighted by Crippen LogP contribution is -2.25. The van der Waals surface area contributed by atoms with E-state index in [1.54, 1.807) is 6.20 Å². The molecule has 32 heavy (non-hydrogen) atoms. The van der Waals surface area contributed by atoms with Gasteiger partial charge in [-0.25, -0.2) is 4.98 Å². The monoisotopic (exact) mass is 442 g/mol. The molecule has 2 aromatic rings. The van der Waals surface area contributed by atoms with Gasteiger partial charge in [0, 0.05) is 31.8 Å². The fourth-order valence-corrected chi connectivity index (χ4v) is 4.33. The number of anilines is 1. The molecule has 0 unspecified atom stereocenters. The van der Waals surface area contributed by atoms with Crippen LogP contribution in [-0.4, -0.2) is 40.8 Å². The van der Waals surface area contributed by atoms with Crippen molar-refractivity contribution in [2.45, 2.75) is 90.1 Å². The number of carbonyl (C=O) groups is 1. The van der Waals surface area contributed by atoms with Crippen LogP contribution < -0.4 is 4.90 Å². The van der Waals surface area contributed by atoms with Crippen molar-refractivity contribution in [3.8, 4) is 11.4 Å². The SMILES string of the molecule is CN(C)c1ccc(-c2noc([C@@H](CCCC3CCCCC3)CC(=O)OC(C)(C)C)n2)cn1. The number of hydrogen-bond donors (Lipinski definition) is 0. The lowest BCUT2D eigenvalue weighted by atomic mass is 9.84. The van der Waals surface area contributed by atoms with E-state index < -0.39 is 5.60 Å². The topological polar surface area (TPSA) is 81.4 Å². The van der Waals surface area contributed by atoms with E-state index in [0.29, 0.717) is 11.7 Å². The Kier molecular flexibility index (Phi) is 8.26. The van der Waals surface area contributed by atoms with Crippen molar-refractivity contribution in [1.29, 1.82) is 0 Å². The van der Waals surface area contributed by atoms with Crippen LogP contribution in [0.3, 0.4) is 0 Å². The first-order valence-electron chi connectivity index (χ1n) is 11.9. The largest absolute Gasteiger partial charge is 0.460 e. The number of nitrogens with zero attached hydrogens (tertiary/aromatic N) is 4. The van der Waals surface area contributed by atoms with Crippen LogP contribution in [0.5, 0.6) is 0 Å². The first-order chi connectivity index (χ1) is 15.2. The number of pyridine rings is 1. The molecule has 1 fully saturated rings. The molecule has 0 bridgehead atoms. The minimum atomic E-state index is -0.510. The van der Waals surface area contributed by atoms with Crippen LogP contribution in [-0.2, 0) is 9.53 Å². The molecule has 1 aliphatic rings. The molecular formula is C25H38N4O3. The molecule has 7 nitrogen and oxygen atoms in total. The molecule has 0 aliphatic heterocycles. The Morgan fingerprint density at radius 3 is 2.59 bits per heavy atom. The Labute approximate surface area is 191 Å². The van der Waals surface area contributed by atoms with E-state index in [2.05, 4.69) is 15.1 Å². The van der Waals surface area contributed by atoms with Crippen LogP contribution in [0.2, 0.25) is 0 Å². The summed E-state index contributed by atoms with van der Waals surface area (Å²) in [7, 11) is 3.89. The zero-order valence-electron chi connectivity index (χ0n) is 20.3. The van der Waals surface area contributed by atoms with Crippen molar-refractivity contribution in [3.05, 3.63) is 24.2 Å². The van der Waals surface area contributed by atoms with E-state index in [1.165, 1.54) is 38.5 Å². The van der Waals surface area contributed by atoms with Gasteiger partial charge in [-0.1, -0.05) is 50.1 Å². The van der Waals surface area contributed by atoms with Crippen molar-refractivity contribution in [2.75, 3.05) is 19.0 Å². The zero-order valence-corrected chi connectivity index (χ0v) is 20.3. The summed E-state index contributed by atoms with van der Waals surface area (Å²) >= 11 is 0. The molecule has 0 aromatic carbocycles. The normalized spacial score (nSPS) is 16.0. The fourth-order valence-electron chi connectivity index (χ4n) is 4.33. The molecule has 3 rings (SSSR count). The summed E-state index contributed by atoms with van der Waals surface area (Å²) in [6, 6.07) is 3.86. The molecule has 0 spiro atoms. The van der Waals surface area contributed by atoms with Crippen LogP contribution in [0.25, 0.3) is 11.4 Å². The standard InChI is InChI=1S/C25H38N4O3/c1-25(2,3)31-22(30)16-19(13-9-12-18-10-7-6-8-11-18)24-27-23(28-32-24)20-14-15-21(26-17-20)29(4)5/h14-15,17-19H,6-13,16H2,1-5H3/t19-/m0/s1. The second-order valence-corrected chi connectivity index (χ2v) is 10.2. The minimum Gasteiger partial charge on any atom is -0.460 e. The number of carbonyl (C=O) groups excluding carboxylic acids is 1. The molecule has 0 amide bonds. The average Bonchev–Trinajstić information content (AvgIpc) is 3.23. The van der Waals surface area contributed by atoms with E-state index in [1.807, 2.05) is 51.9 Å². The van der Waals surface area contributed by atoms with Gasteiger partial charge in [-0.3, -0.25) is 4.79 Å². The summed E-state index contributed by atoms with van der Waals surface area (Å²) in [5.74, 6) is 2.32. The quantitative estimate of drug-likeness (QED) is 0.456. The van der Waals surface area contributed by atoms with Gasteiger partial charge in [0.05, 0.1) is 6.42 Å². The maximum absolute atomic E-state index is 12.6. The van der Waals surface area contributed by atoms with Crippen molar-refractivity contribution in [1.82, 2.24) is 15.1 Å². The highest BCUT2D eigenvalue weighted by Crippen LogP contribution is 2.32. The number of hydrogen-bond acceptors (Lipinski definition) is 7. The van der Waals surface area contributed by atoms with Gasteiger partial charge in [0.25, 0.3) is 0 Å². The third kappa shape index (κ3) is 7.31. The molecule has 1 saturated carbocycles. The van der Waals surface area contributed by atoms with Crippen molar-refractivity contribution < 1.29 is 14.1 Å². The van der Waals surface area contributed by atoms with Crippen LogP contribution in [0.15, 0.2) is 22.9 Å². The first kappa shape index (κ1) is 24.2. The summed E-state index contributed by atoms with van der Waals surface area (Å²) in [6.45, 7) is 5.66. The van der Waals surface area contributed by atoms with Gasteiger partial charge in [-0.15, -0.1) is 0 Å². The van der Waals surface area contributed by atoms with Crippen molar-refractivity contribution in [2.24, 2.45) is 5.92 Å². The molecule has 2 aromatic heterocycles. The predicted octanol–water partition coefficient (Wildman–Crippen LogP) is 5.76. The third-order valence-corrected chi connectivity index (χ3v) is 5.98. The number of esters is 1. The van der Waals surface area contributed by atoms with E-state index >= 15 is 0 Å². The Morgan fingerprint density at radius 2 is 1.97 bits per heavy atom. The van der Waals surface area contributed by atoms with E-state index in [9.17, 15) is 4.79 Å². The van der Waals surface area contributed by atoms with Crippen molar-refractivity contribution in [3.63, 3.8) is 0 Å². The predicted molar refractivity (Wildman–Crippen MR) is 125 cm³/mol. The molecule has 0 radical (unpaired) electrons.